The van der Waals surface area contributed by atoms with Crippen LogP contribution in [0.3, 0.4) is 0 Å². The predicted molar refractivity (Wildman–Crippen MR) is 80.7 cm³/mol. The highest BCUT2D eigenvalue weighted by molar-refractivity contribution is 5.96. The second-order valence-electron chi connectivity index (χ2n) is 5.81. The molecule has 0 aromatic rings. The smallest absolute Gasteiger partial charge is 0.229 e. The number of hydrogen-bond acceptors (Lipinski definition) is 3. The van der Waals surface area contributed by atoms with Gasteiger partial charge in [0.15, 0.2) is 0 Å². The SMILES string of the molecule is CC.CCC(=O)N(C(=O)CC)C(C)(C)CC(C)(C)N. The largest absolute Gasteiger partial charge is 0.325 e. The Balaban J connectivity index is 0. The number of carbonyl (C=O) groups excluding carboxylic acids is 2. The predicted octanol–water partition coefficient (Wildman–Crippen LogP) is 3.09. The molecule has 0 spiro atoms. The molecule has 0 rings (SSSR count). The average molecular weight is 272 g/mol. The number of hydrogen-bond donors (Lipinski definition) is 1. The van der Waals surface area contributed by atoms with E-state index >= 15 is 0 Å². The summed E-state index contributed by atoms with van der Waals surface area (Å²) in [6.45, 7) is 15.1. The number of imide groups is 1. The minimum Gasteiger partial charge on any atom is -0.325 e. The van der Waals surface area contributed by atoms with Gasteiger partial charge in [0.05, 0.1) is 0 Å². The third kappa shape index (κ3) is 7.31. The van der Waals surface area contributed by atoms with Crippen LogP contribution in [0.15, 0.2) is 0 Å². The van der Waals surface area contributed by atoms with Crippen LogP contribution < -0.4 is 5.73 Å². The second kappa shape index (κ2) is 8.31. The fraction of sp³-hybridized carbons (Fsp3) is 0.867. The van der Waals surface area contributed by atoms with Gasteiger partial charge in [0, 0.05) is 23.9 Å². The summed E-state index contributed by atoms with van der Waals surface area (Å²) in [5, 5.41) is 0. The lowest BCUT2D eigenvalue weighted by Crippen LogP contribution is -2.55. The highest BCUT2D eigenvalue weighted by Crippen LogP contribution is 2.26. The van der Waals surface area contributed by atoms with Gasteiger partial charge in [-0.3, -0.25) is 14.5 Å². The highest BCUT2D eigenvalue weighted by Gasteiger charge is 2.37. The van der Waals surface area contributed by atoms with Gasteiger partial charge in [-0.15, -0.1) is 0 Å². The zero-order valence-electron chi connectivity index (χ0n) is 14.0. The lowest BCUT2D eigenvalue weighted by Gasteiger charge is -2.40. The Labute approximate surface area is 118 Å². The molecule has 0 aromatic heterocycles. The summed E-state index contributed by atoms with van der Waals surface area (Å²) < 4.78 is 0. The van der Waals surface area contributed by atoms with Gasteiger partial charge in [0.1, 0.15) is 0 Å². The number of rotatable bonds is 5. The summed E-state index contributed by atoms with van der Waals surface area (Å²) in [4.78, 5) is 25.2. The first kappa shape index (κ1) is 20.4. The van der Waals surface area contributed by atoms with E-state index in [9.17, 15) is 9.59 Å². The third-order valence-corrected chi connectivity index (χ3v) is 2.60. The second-order valence-corrected chi connectivity index (χ2v) is 5.81. The fourth-order valence-electron chi connectivity index (χ4n) is 2.32. The van der Waals surface area contributed by atoms with E-state index in [2.05, 4.69) is 0 Å². The Kier molecular flexibility index (Phi) is 8.93. The molecule has 0 fully saturated rings. The molecule has 2 N–H and O–H groups in total. The summed E-state index contributed by atoms with van der Waals surface area (Å²) in [5.41, 5.74) is 5.04. The quantitative estimate of drug-likeness (QED) is 0.836. The molecule has 0 unspecified atom stereocenters. The fourth-order valence-corrected chi connectivity index (χ4v) is 2.32. The highest BCUT2D eigenvalue weighted by atomic mass is 16.2. The zero-order chi connectivity index (χ0) is 15.9. The van der Waals surface area contributed by atoms with E-state index in [1.165, 1.54) is 4.90 Å². The molecule has 0 aliphatic heterocycles. The third-order valence-electron chi connectivity index (χ3n) is 2.60. The maximum atomic E-state index is 11.9. The molecule has 4 nitrogen and oxygen atoms in total. The molecule has 0 aliphatic rings. The Morgan fingerprint density at radius 1 is 0.947 bits per heavy atom. The van der Waals surface area contributed by atoms with Crippen molar-refractivity contribution in [3.05, 3.63) is 0 Å². The van der Waals surface area contributed by atoms with Gasteiger partial charge < -0.3 is 5.73 Å². The van der Waals surface area contributed by atoms with Crippen molar-refractivity contribution in [2.45, 2.75) is 85.7 Å². The van der Waals surface area contributed by atoms with Gasteiger partial charge >= 0.3 is 0 Å². The summed E-state index contributed by atoms with van der Waals surface area (Å²) in [5.74, 6) is -0.266. The van der Waals surface area contributed by atoms with Crippen molar-refractivity contribution in [3.63, 3.8) is 0 Å². The van der Waals surface area contributed by atoms with Crippen molar-refractivity contribution in [2.24, 2.45) is 5.73 Å². The summed E-state index contributed by atoms with van der Waals surface area (Å²) >= 11 is 0. The minimum atomic E-state index is -0.543. The summed E-state index contributed by atoms with van der Waals surface area (Å²) in [6.07, 6.45) is 1.25. The molecule has 4 heteroatoms. The standard InChI is InChI=1S/C13H26N2O2.C2H6/c1-7-10(16)15(11(17)8-2)13(5,6)9-12(3,4)14;1-2/h7-9,14H2,1-6H3;1-2H3. The van der Waals surface area contributed by atoms with Crippen LogP contribution in [0, 0.1) is 0 Å². The maximum Gasteiger partial charge on any atom is 0.229 e. The van der Waals surface area contributed by atoms with Crippen LogP contribution in [-0.4, -0.2) is 27.8 Å². The first-order valence-electron chi connectivity index (χ1n) is 7.20. The Bertz CT molecular complexity index is 275. The molecule has 0 radical (unpaired) electrons. The number of nitrogens with zero attached hydrogens (tertiary/aromatic N) is 1. The molecular formula is C15H32N2O2. The van der Waals surface area contributed by atoms with Crippen molar-refractivity contribution in [3.8, 4) is 0 Å². The topological polar surface area (TPSA) is 63.4 Å². The van der Waals surface area contributed by atoms with Gasteiger partial charge in [-0.2, -0.15) is 0 Å². The van der Waals surface area contributed by atoms with E-state index in [0.29, 0.717) is 19.3 Å². The van der Waals surface area contributed by atoms with Gasteiger partial charge in [-0.1, -0.05) is 27.7 Å². The van der Waals surface area contributed by atoms with E-state index in [1.807, 2.05) is 41.5 Å². The normalized spacial score (nSPS) is 11.4. The molecular weight excluding hydrogens is 240 g/mol. The van der Waals surface area contributed by atoms with Crippen molar-refractivity contribution in [1.82, 2.24) is 4.90 Å². The number of nitrogens with two attached hydrogens (primary N) is 1. The Morgan fingerprint density at radius 2 is 1.26 bits per heavy atom. The molecule has 0 aromatic carbocycles. The van der Waals surface area contributed by atoms with Crippen LogP contribution >= 0.6 is 0 Å². The van der Waals surface area contributed by atoms with E-state index in [-0.39, 0.29) is 11.8 Å². The lowest BCUT2D eigenvalue weighted by molar-refractivity contribution is -0.151. The maximum absolute atomic E-state index is 11.9. The number of amides is 2. The van der Waals surface area contributed by atoms with Gasteiger partial charge in [-0.25, -0.2) is 0 Å². The van der Waals surface area contributed by atoms with E-state index in [0.717, 1.165) is 0 Å². The molecule has 0 heterocycles. The van der Waals surface area contributed by atoms with Crippen LogP contribution in [0.2, 0.25) is 0 Å². The molecule has 2 amide bonds. The van der Waals surface area contributed by atoms with E-state index in [1.54, 1.807) is 13.8 Å². The Morgan fingerprint density at radius 3 is 1.47 bits per heavy atom. The van der Waals surface area contributed by atoms with Gasteiger partial charge in [-0.05, 0) is 34.1 Å². The monoisotopic (exact) mass is 272 g/mol. The molecule has 19 heavy (non-hydrogen) atoms. The molecule has 0 aliphatic carbocycles. The molecule has 114 valence electrons. The van der Waals surface area contributed by atoms with Gasteiger partial charge in [0.2, 0.25) is 11.8 Å². The van der Waals surface area contributed by atoms with Crippen LogP contribution in [0.5, 0.6) is 0 Å². The van der Waals surface area contributed by atoms with Gasteiger partial charge in [0.25, 0.3) is 0 Å². The van der Waals surface area contributed by atoms with Crippen LogP contribution in [0.25, 0.3) is 0 Å². The summed E-state index contributed by atoms with van der Waals surface area (Å²) in [6, 6.07) is 0. The first-order chi connectivity index (χ1) is 8.55. The molecule has 0 atom stereocenters. The van der Waals surface area contributed by atoms with Crippen LogP contribution in [0.4, 0.5) is 0 Å². The number of carbonyl (C=O) groups is 2. The minimum absolute atomic E-state index is 0.133. The average Bonchev–Trinajstić information content (AvgIpc) is 2.27. The van der Waals surface area contributed by atoms with Crippen LogP contribution in [0.1, 0.15) is 74.7 Å². The lowest BCUT2D eigenvalue weighted by atomic mass is 9.86. The molecule has 0 saturated carbocycles. The summed E-state index contributed by atoms with van der Waals surface area (Å²) in [7, 11) is 0. The first-order valence-corrected chi connectivity index (χ1v) is 7.20. The van der Waals surface area contributed by atoms with Crippen molar-refractivity contribution in [2.75, 3.05) is 0 Å². The van der Waals surface area contributed by atoms with Crippen molar-refractivity contribution >= 4 is 11.8 Å². The zero-order valence-corrected chi connectivity index (χ0v) is 14.0. The molecule has 0 bridgehead atoms. The van der Waals surface area contributed by atoms with E-state index < -0.39 is 11.1 Å². The van der Waals surface area contributed by atoms with Crippen molar-refractivity contribution < 1.29 is 9.59 Å². The Hall–Kier alpha value is -0.900. The van der Waals surface area contributed by atoms with E-state index in [4.69, 9.17) is 5.73 Å². The van der Waals surface area contributed by atoms with Crippen molar-refractivity contribution in [1.29, 1.82) is 0 Å². The van der Waals surface area contributed by atoms with Crippen LogP contribution in [-0.2, 0) is 9.59 Å². The molecule has 0 saturated heterocycles.